The van der Waals surface area contributed by atoms with Gasteiger partial charge in [0, 0.05) is 55.7 Å². The van der Waals surface area contributed by atoms with Gasteiger partial charge in [0.05, 0.1) is 18.7 Å². The molecule has 29 heavy (non-hydrogen) atoms. The van der Waals surface area contributed by atoms with E-state index in [0.717, 1.165) is 80.8 Å². The van der Waals surface area contributed by atoms with E-state index in [1.165, 1.54) is 0 Å². The minimum Gasteiger partial charge on any atom is -0.378 e. The maximum Gasteiger partial charge on any atom is 0.140 e. The van der Waals surface area contributed by atoms with Crippen LogP contribution in [0.2, 0.25) is 5.02 Å². The van der Waals surface area contributed by atoms with Crippen LogP contribution in [0, 0.1) is 0 Å². The summed E-state index contributed by atoms with van der Waals surface area (Å²) in [6.45, 7) is 6.71. The maximum absolute atomic E-state index is 6.11. The first kappa shape index (κ1) is 18.3. The van der Waals surface area contributed by atoms with Crippen LogP contribution in [0.4, 0.5) is 17.5 Å². The van der Waals surface area contributed by atoms with Crippen LogP contribution in [-0.2, 0) is 4.74 Å². The molecule has 0 amide bonds. The molecule has 0 atom stereocenters. The Morgan fingerprint density at radius 1 is 0.724 bits per heavy atom. The molecular weight excluding hydrogens is 390 g/mol. The molecule has 9 heteroatoms. The van der Waals surface area contributed by atoms with E-state index in [1.807, 2.05) is 18.2 Å². The predicted octanol–water partition coefficient (Wildman–Crippen LogP) is 2.24. The van der Waals surface area contributed by atoms with Gasteiger partial charge in [-0.2, -0.15) is 0 Å². The van der Waals surface area contributed by atoms with Crippen molar-refractivity contribution in [3.63, 3.8) is 0 Å². The molecule has 0 unspecified atom stereocenters. The van der Waals surface area contributed by atoms with Gasteiger partial charge in [0.2, 0.25) is 0 Å². The molecule has 2 aliphatic heterocycles. The van der Waals surface area contributed by atoms with Gasteiger partial charge in [0.1, 0.15) is 30.1 Å². The SMILES string of the molecule is Clc1ccc2c(N3CCN(c4cc(N5CCOCC5)ncn4)CC3)ncnc2c1. The lowest BCUT2D eigenvalue weighted by molar-refractivity contribution is 0.122. The average Bonchev–Trinajstić information content (AvgIpc) is 2.79. The van der Waals surface area contributed by atoms with Crippen molar-refractivity contribution in [1.82, 2.24) is 19.9 Å². The molecular formula is C20H22ClN7O. The number of halogens is 1. The summed E-state index contributed by atoms with van der Waals surface area (Å²) >= 11 is 6.11. The Morgan fingerprint density at radius 2 is 1.38 bits per heavy atom. The van der Waals surface area contributed by atoms with Gasteiger partial charge >= 0.3 is 0 Å². The molecule has 4 heterocycles. The summed E-state index contributed by atoms with van der Waals surface area (Å²) < 4.78 is 5.44. The van der Waals surface area contributed by atoms with Gasteiger partial charge in [-0.15, -0.1) is 0 Å². The van der Waals surface area contributed by atoms with Crippen LogP contribution in [-0.4, -0.2) is 72.4 Å². The number of morpholine rings is 1. The number of benzene rings is 1. The number of nitrogens with zero attached hydrogens (tertiary/aromatic N) is 7. The van der Waals surface area contributed by atoms with Crippen molar-refractivity contribution in [1.29, 1.82) is 0 Å². The molecule has 8 nitrogen and oxygen atoms in total. The highest BCUT2D eigenvalue weighted by Gasteiger charge is 2.22. The van der Waals surface area contributed by atoms with Crippen molar-refractivity contribution in [2.24, 2.45) is 0 Å². The van der Waals surface area contributed by atoms with Crippen LogP contribution in [0.25, 0.3) is 10.9 Å². The molecule has 2 saturated heterocycles. The van der Waals surface area contributed by atoms with Crippen LogP contribution in [0.3, 0.4) is 0 Å². The lowest BCUT2D eigenvalue weighted by atomic mass is 10.2. The fourth-order valence-corrected chi connectivity index (χ4v) is 4.06. The molecule has 1 aromatic carbocycles. The second-order valence-electron chi connectivity index (χ2n) is 7.17. The molecule has 0 radical (unpaired) electrons. The number of anilines is 3. The number of hydrogen-bond acceptors (Lipinski definition) is 8. The Bertz CT molecular complexity index is 1000. The first-order valence-corrected chi connectivity index (χ1v) is 10.2. The summed E-state index contributed by atoms with van der Waals surface area (Å²) in [5.74, 6) is 2.91. The van der Waals surface area contributed by atoms with Gasteiger partial charge in [-0.05, 0) is 18.2 Å². The van der Waals surface area contributed by atoms with Gasteiger partial charge in [-0.1, -0.05) is 11.6 Å². The quantitative estimate of drug-likeness (QED) is 0.649. The van der Waals surface area contributed by atoms with Crippen molar-refractivity contribution in [3.8, 4) is 0 Å². The molecule has 150 valence electrons. The highest BCUT2D eigenvalue weighted by atomic mass is 35.5. The van der Waals surface area contributed by atoms with Crippen LogP contribution < -0.4 is 14.7 Å². The fourth-order valence-electron chi connectivity index (χ4n) is 3.89. The zero-order valence-electron chi connectivity index (χ0n) is 16.0. The van der Waals surface area contributed by atoms with Crippen molar-refractivity contribution >= 4 is 40.0 Å². The largest absolute Gasteiger partial charge is 0.378 e. The smallest absolute Gasteiger partial charge is 0.140 e. The van der Waals surface area contributed by atoms with Crippen molar-refractivity contribution in [2.75, 3.05) is 67.2 Å². The summed E-state index contributed by atoms with van der Waals surface area (Å²) in [6.07, 6.45) is 3.27. The minimum absolute atomic E-state index is 0.687. The molecule has 2 aliphatic rings. The predicted molar refractivity (Wildman–Crippen MR) is 114 cm³/mol. The third-order valence-corrected chi connectivity index (χ3v) is 5.69. The van der Waals surface area contributed by atoms with E-state index in [4.69, 9.17) is 16.3 Å². The summed E-state index contributed by atoms with van der Waals surface area (Å²) in [7, 11) is 0. The van der Waals surface area contributed by atoms with Crippen molar-refractivity contribution in [2.45, 2.75) is 0 Å². The molecule has 0 spiro atoms. The van der Waals surface area contributed by atoms with E-state index < -0.39 is 0 Å². The van der Waals surface area contributed by atoms with E-state index in [2.05, 4.69) is 40.7 Å². The van der Waals surface area contributed by atoms with Crippen LogP contribution in [0.15, 0.2) is 36.9 Å². The third-order valence-electron chi connectivity index (χ3n) is 5.45. The number of piperazine rings is 1. The Kier molecular flexibility index (Phi) is 5.03. The number of ether oxygens (including phenoxy) is 1. The zero-order valence-corrected chi connectivity index (χ0v) is 16.8. The van der Waals surface area contributed by atoms with E-state index in [1.54, 1.807) is 12.7 Å². The lowest BCUT2D eigenvalue weighted by Crippen LogP contribution is -2.47. The molecule has 0 aliphatic carbocycles. The average molecular weight is 412 g/mol. The number of aromatic nitrogens is 4. The molecule has 2 aromatic heterocycles. The fraction of sp³-hybridized carbons (Fsp3) is 0.400. The molecule has 0 N–H and O–H groups in total. The molecule has 0 saturated carbocycles. The Balaban J connectivity index is 1.31. The highest BCUT2D eigenvalue weighted by molar-refractivity contribution is 6.31. The van der Waals surface area contributed by atoms with Crippen molar-refractivity contribution in [3.05, 3.63) is 41.9 Å². The van der Waals surface area contributed by atoms with E-state index >= 15 is 0 Å². The first-order chi connectivity index (χ1) is 14.3. The third kappa shape index (κ3) is 3.77. The van der Waals surface area contributed by atoms with Crippen LogP contribution in [0.1, 0.15) is 0 Å². The van der Waals surface area contributed by atoms with Crippen LogP contribution >= 0.6 is 11.6 Å². The Morgan fingerprint density at radius 3 is 2.14 bits per heavy atom. The Hall–Kier alpha value is -2.71. The summed E-state index contributed by atoms with van der Waals surface area (Å²) in [5, 5.41) is 1.72. The molecule has 5 rings (SSSR count). The lowest BCUT2D eigenvalue weighted by Gasteiger charge is -2.36. The summed E-state index contributed by atoms with van der Waals surface area (Å²) in [6, 6.07) is 7.86. The topological polar surface area (TPSA) is 70.5 Å². The number of fused-ring (bicyclic) bond motifs is 1. The maximum atomic E-state index is 6.11. The number of rotatable bonds is 3. The van der Waals surface area contributed by atoms with Gasteiger partial charge in [-0.25, -0.2) is 19.9 Å². The second-order valence-corrected chi connectivity index (χ2v) is 7.60. The van der Waals surface area contributed by atoms with Crippen molar-refractivity contribution < 1.29 is 4.74 Å². The van der Waals surface area contributed by atoms with E-state index in [0.29, 0.717) is 5.02 Å². The number of hydrogen-bond donors (Lipinski definition) is 0. The molecule has 3 aromatic rings. The minimum atomic E-state index is 0.687. The van der Waals surface area contributed by atoms with Gasteiger partial charge in [0.15, 0.2) is 0 Å². The van der Waals surface area contributed by atoms with Crippen LogP contribution in [0.5, 0.6) is 0 Å². The Labute approximate surface area is 174 Å². The van der Waals surface area contributed by atoms with Gasteiger partial charge in [-0.3, -0.25) is 0 Å². The summed E-state index contributed by atoms with van der Waals surface area (Å²) in [5.41, 5.74) is 0.871. The first-order valence-electron chi connectivity index (χ1n) is 9.83. The van der Waals surface area contributed by atoms with E-state index in [9.17, 15) is 0 Å². The van der Waals surface area contributed by atoms with Gasteiger partial charge < -0.3 is 19.4 Å². The normalized spacial score (nSPS) is 17.8. The van der Waals surface area contributed by atoms with E-state index in [-0.39, 0.29) is 0 Å². The van der Waals surface area contributed by atoms with Gasteiger partial charge in [0.25, 0.3) is 0 Å². The monoisotopic (exact) mass is 411 g/mol. The highest BCUT2D eigenvalue weighted by Crippen LogP contribution is 2.27. The molecule has 2 fully saturated rings. The molecule has 0 bridgehead atoms. The second kappa shape index (κ2) is 7.96. The standard InChI is InChI=1S/C20H22ClN7O/c21-15-1-2-16-17(11-15)22-13-25-20(16)28-5-3-26(4-6-28)18-12-19(24-14-23-18)27-7-9-29-10-8-27/h1-2,11-14H,3-10H2. The summed E-state index contributed by atoms with van der Waals surface area (Å²) in [4.78, 5) is 24.7. The zero-order chi connectivity index (χ0) is 19.6.